The molecule has 0 fully saturated rings. The van der Waals surface area contributed by atoms with Gasteiger partial charge >= 0.3 is 0 Å². The molecular weight excluding hydrogens is 258 g/mol. The first-order valence-electron chi connectivity index (χ1n) is 6.17. The fourth-order valence-electron chi connectivity index (χ4n) is 1.91. The summed E-state index contributed by atoms with van der Waals surface area (Å²) < 4.78 is 5.16. The number of nitrogens with zero attached hydrogens (tertiary/aromatic N) is 1. The SMILES string of the molecule is COc1ccc(C(Cc2nc(C)c(C)s2)NN)cc1. The number of nitrogens with one attached hydrogen (secondary N) is 1. The van der Waals surface area contributed by atoms with E-state index in [1.165, 1.54) is 4.88 Å². The van der Waals surface area contributed by atoms with Crippen molar-refractivity contribution in [2.24, 2.45) is 5.84 Å². The highest BCUT2D eigenvalue weighted by atomic mass is 32.1. The third-order valence-electron chi connectivity index (χ3n) is 3.17. The van der Waals surface area contributed by atoms with Gasteiger partial charge in [0.05, 0.1) is 23.9 Å². The second-order valence-electron chi connectivity index (χ2n) is 4.45. The van der Waals surface area contributed by atoms with Gasteiger partial charge in [0.15, 0.2) is 0 Å². The summed E-state index contributed by atoms with van der Waals surface area (Å²) in [4.78, 5) is 5.82. The highest BCUT2D eigenvalue weighted by molar-refractivity contribution is 7.11. The van der Waals surface area contributed by atoms with Crippen molar-refractivity contribution >= 4 is 11.3 Å². The van der Waals surface area contributed by atoms with Crippen molar-refractivity contribution in [2.45, 2.75) is 26.3 Å². The van der Waals surface area contributed by atoms with Crippen LogP contribution < -0.4 is 16.0 Å². The second-order valence-corrected chi connectivity index (χ2v) is 5.73. The van der Waals surface area contributed by atoms with E-state index in [9.17, 15) is 0 Å². The number of nitrogens with two attached hydrogens (primary N) is 1. The molecule has 0 amide bonds. The summed E-state index contributed by atoms with van der Waals surface area (Å²) in [6.45, 7) is 4.13. The van der Waals surface area contributed by atoms with Gasteiger partial charge in [-0.25, -0.2) is 4.98 Å². The molecule has 0 saturated heterocycles. The smallest absolute Gasteiger partial charge is 0.118 e. The maximum absolute atomic E-state index is 5.66. The number of thiazole rings is 1. The molecule has 5 heteroatoms. The third kappa shape index (κ3) is 3.32. The van der Waals surface area contributed by atoms with Gasteiger partial charge in [0.1, 0.15) is 5.75 Å². The predicted molar refractivity (Wildman–Crippen MR) is 78.4 cm³/mol. The summed E-state index contributed by atoms with van der Waals surface area (Å²) in [7, 11) is 1.66. The van der Waals surface area contributed by atoms with Crippen LogP contribution in [0.15, 0.2) is 24.3 Å². The van der Waals surface area contributed by atoms with E-state index in [0.717, 1.165) is 28.4 Å². The molecule has 1 atom stereocenters. The molecule has 102 valence electrons. The van der Waals surface area contributed by atoms with E-state index < -0.39 is 0 Å². The number of aromatic nitrogens is 1. The predicted octanol–water partition coefficient (Wildman–Crippen LogP) is 2.52. The van der Waals surface area contributed by atoms with E-state index in [1.807, 2.05) is 31.2 Å². The molecule has 0 bridgehead atoms. The Morgan fingerprint density at radius 3 is 2.47 bits per heavy atom. The fraction of sp³-hybridized carbons (Fsp3) is 0.357. The molecule has 0 aliphatic carbocycles. The van der Waals surface area contributed by atoms with Crippen LogP contribution in [-0.4, -0.2) is 12.1 Å². The van der Waals surface area contributed by atoms with Gasteiger partial charge in [-0.1, -0.05) is 12.1 Å². The number of hydrazine groups is 1. The van der Waals surface area contributed by atoms with Gasteiger partial charge in [-0.2, -0.15) is 0 Å². The number of hydrogen-bond donors (Lipinski definition) is 2. The molecule has 0 saturated carbocycles. The molecule has 0 aliphatic rings. The number of ether oxygens (including phenoxy) is 1. The lowest BCUT2D eigenvalue weighted by atomic mass is 10.0. The van der Waals surface area contributed by atoms with Crippen LogP contribution in [0.2, 0.25) is 0 Å². The first-order chi connectivity index (χ1) is 9.13. The van der Waals surface area contributed by atoms with Gasteiger partial charge in [-0.3, -0.25) is 11.3 Å². The summed E-state index contributed by atoms with van der Waals surface area (Å²) in [6, 6.07) is 8.00. The molecule has 4 nitrogen and oxygen atoms in total. The summed E-state index contributed by atoms with van der Waals surface area (Å²) in [5.74, 6) is 6.51. The zero-order valence-corrected chi connectivity index (χ0v) is 12.3. The number of benzene rings is 1. The third-order valence-corrected chi connectivity index (χ3v) is 4.27. The lowest BCUT2D eigenvalue weighted by Gasteiger charge is -2.15. The van der Waals surface area contributed by atoms with Gasteiger partial charge < -0.3 is 4.74 Å². The molecule has 19 heavy (non-hydrogen) atoms. The van der Waals surface area contributed by atoms with E-state index in [1.54, 1.807) is 18.4 Å². The molecule has 0 spiro atoms. The Balaban J connectivity index is 2.14. The van der Waals surface area contributed by atoms with Crippen LogP contribution in [0.4, 0.5) is 0 Å². The Kier molecular flexibility index (Phi) is 4.52. The van der Waals surface area contributed by atoms with Crippen molar-refractivity contribution in [1.29, 1.82) is 0 Å². The van der Waals surface area contributed by atoms with Crippen molar-refractivity contribution in [3.63, 3.8) is 0 Å². The van der Waals surface area contributed by atoms with Crippen molar-refractivity contribution in [3.8, 4) is 5.75 Å². The molecule has 1 aromatic heterocycles. The van der Waals surface area contributed by atoms with Crippen LogP contribution in [-0.2, 0) is 6.42 Å². The lowest BCUT2D eigenvalue weighted by Crippen LogP contribution is -2.29. The van der Waals surface area contributed by atoms with Crippen molar-refractivity contribution in [1.82, 2.24) is 10.4 Å². The van der Waals surface area contributed by atoms with Gasteiger partial charge in [0.25, 0.3) is 0 Å². The molecule has 2 aromatic rings. The zero-order valence-electron chi connectivity index (χ0n) is 11.4. The number of hydrogen-bond acceptors (Lipinski definition) is 5. The highest BCUT2D eigenvalue weighted by Crippen LogP contribution is 2.24. The van der Waals surface area contributed by atoms with E-state index in [0.29, 0.717) is 0 Å². The molecule has 0 aliphatic heterocycles. The zero-order chi connectivity index (χ0) is 13.8. The maximum Gasteiger partial charge on any atom is 0.118 e. The van der Waals surface area contributed by atoms with E-state index >= 15 is 0 Å². The van der Waals surface area contributed by atoms with Crippen LogP contribution >= 0.6 is 11.3 Å². The van der Waals surface area contributed by atoms with Crippen LogP contribution in [0.1, 0.15) is 27.2 Å². The second kappa shape index (κ2) is 6.14. The summed E-state index contributed by atoms with van der Waals surface area (Å²) in [6.07, 6.45) is 0.794. The van der Waals surface area contributed by atoms with Crippen LogP contribution in [0.3, 0.4) is 0 Å². The number of methoxy groups -OCH3 is 1. The monoisotopic (exact) mass is 277 g/mol. The summed E-state index contributed by atoms with van der Waals surface area (Å²) in [5.41, 5.74) is 5.09. The highest BCUT2D eigenvalue weighted by Gasteiger charge is 2.14. The topological polar surface area (TPSA) is 60.2 Å². The van der Waals surface area contributed by atoms with Gasteiger partial charge in [-0.05, 0) is 31.5 Å². The Morgan fingerprint density at radius 1 is 1.32 bits per heavy atom. The van der Waals surface area contributed by atoms with Crippen LogP contribution in [0.25, 0.3) is 0 Å². The summed E-state index contributed by atoms with van der Waals surface area (Å²) in [5, 5.41) is 1.11. The van der Waals surface area contributed by atoms with E-state index in [-0.39, 0.29) is 6.04 Å². The maximum atomic E-state index is 5.66. The van der Waals surface area contributed by atoms with Crippen molar-refractivity contribution in [2.75, 3.05) is 7.11 Å². The molecule has 1 unspecified atom stereocenters. The first-order valence-corrected chi connectivity index (χ1v) is 6.98. The molecule has 1 heterocycles. The molecular formula is C14H19N3OS. The van der Waals surface area contributed by atoms with E-state index in [2.05, 4.69) is 17.3 Å². The molecule has 3 N–H and O–H groups in total. The standard InChI is InChI=1S/C14H19N3OS/c1-9-10(2)19-14(16-9)8-13(17-15)11-4-6-12(18-3)7-5-11/h4-7,13,17H,8,15H2,1-3H3. The van der Waals surface area contributed by atoms with Gasteiger partial charge in [0.2, 0.25) is 0 Å². The Bertz CT molecular complexity index is 517. The summed E-state index contributed by atoms with van der Waals surface area (Å²) >= 11 is 1.73. The minimum Gasteiger partial charge on any atom is -0.497 e. The lowest BCUT2D eigenvalue weighted by molar-refractivity contribution is 0.414. The van der Waals surface area contributed by atoms with Crippen molar-refractivity contribution in [3.05, 3.63) is 45.4 Å². The minimum absolute atomic E-state index is 0.0656. The normalized spacial score (nSPS) is 12.4. The van der Waals surface area contributed by atoms with Gasteiger partial charge in [-0.15, -0.1) is 11.3 Å². The van der Waals surface area contributed by atoms with Crippen LogP contribution in [0.5, 0.6) is 5.75 Å². The van der Waals surface area contributed by atoms with Crippen LogP contribution in [0, 0.1) is 13.8 Å². The number of rotatable bonds is 5. The largest absolute Gasteiger partial charge is 0.497 e. The number of aryl methyl sites for hydroxylation is 2. The fourth-order valence-corrected chi connectivity index (χ4v) is 2.89. The van der Waals surface area contributed by atoms with Crippen molar-refractivity contribution < 1.29 is 4.74 Å². The average Bonchev–Trinajstić information content (AvgIpc) is 2.75. The Morgan fingerprint density at radius 2 is 2.00 bits per heavy atom. The first kappa shape index (κ1) is 14.0. The minimum atomic E-state index is 0.0656. The Labute approximate surface area is 117 Å². The van der Waals surface area contributed by atoms with Gasteiger partial charge in [0, 0.05) is 11.3 Å². The molecule has 2 rings (SSSR count). The Hall–Kier alpha value is -1.43. The van der Waals surface area contributed by atoms with E-state index in [4.69, 9.17) is 10.6 Å². The molecule has 1 aromatic carbocycles. The average molecular weight is 277 g/mol. The quantitative estimate of drug-likeness (QED) is 0.651. The molecule has 0 radical (unpaired) electrons.